The van der Waals surface area contributed by atoms with Crippen LogP contribution >= 0.6 is 11.8 Å². The predicted molar refractivity (Wildman–Crippen MR) is 123 cm³/mol. The van der Waals surface area contributed by atoms with E-state index in [1.807, 2.05) is 28.8 Å². The first-order valence-electron chi connectivity index (χ1n) is 10.5. The maximum atomic E-state index is 13.3. The molecule has 1 heterocycles. The number of ketones is 1. The van der Waals surface area contributed by atoms with E-state index in [9.17, 15) is 9.59 Å². The number of para-hydroxylation sites is 1. The largest absolute Gasteiger partial charge is 0.497 e. The second-order valence-corrected chi connectivity index (χ2v) is 8.60. The Kier molecular flexibility index (Phi) is 6.61. The van der Waals surface area contributed by atoms with Crippen molar-refractivity contribution < 1.29 is 14.3 Å². The number of hydrogen-bond acceptors (Lipinski definition) is 6. The Morgan fingerprint density at radius 3 is 2.61 bits per heavy atom. The summed E-state index contributed by atoms with van der Waals surface area (Å²) in [5.41, 5.74) is 1.13. The number of rotatable bonds is 7. The van der Waals surface area contributed by atoms with Crippen molar-refractivity contribution in [2.45, 2.75) is 43.3 Å². The number of hydrogen-bond donors (Lipinski definition) is 0. The Morgan fingerprint density at radius 1 is 1.10 bits per heavy atom. The lowest BCUT2D eigenvalue weighted by Gasteiger charge is -2.26. The van der Waals surface area contributed by atoms with Gasteiger partial charge in [0.2, 0.25) is 0 Å². The molecule has 4 rings (SSSR count). The number of methoxy groups -OCH3 is 2. The number of carbonyl (C=O) groups is 1. The highest BCUT2D eigenvalue weighted by Crippen LogP contribution is 2.32. The van der Waals surface area contributed by atoms with Crippen LogP contribution in [-0.2, 0) is 0 Å². The number of benzene rings is 2. The molecule has 0 unspecified atom stereocenters. The van der Waals surface area contributed by atoms with Crippen molar-refractivity contribution in [1.82, 2.24) is 9.55 Å². The average Bonchev–Trinajstić information content (AvgIpc) is 2.82. The summed E-state index contributed by atoms with van der Waals surface area (Å²) in [5.74, 6) is 1.19. The van der Waals surface area contributed by atoms with E-state index in [1.165, 1.54) is 25.3 Å². The molecule has 2 aromatic carbocycles. The molecule has 1 aliphatic carbocycles. The van der Waals surface area contributed by atoms with Gasteiger partial charge in [0, 0.05) is 12.1 Å². The third-order valence-electron chi connectivity index (χ3n) is 5.76. The Bertz CT molecular complexity index is 1150. The minimum Gasteiger partial charge on any atom is -0.497 e. The molecule has 7 heteroatoms. The van der Waals surface area contributed by atoms with Crippen LogP contribution in [0, 0.1) is 0 Å². The molecule has 31 heavy (non-hydrogen) atoms. The average molecular weight is 439 g/mol. The highest BCUT2D eigenvalue weighted by atomic mass is 32.2. The first kappa shape index (κ1) is 21.4. The molecule has 0 aliphatic heterocycles. The molecule has 162 valence electrons. The van der Waals surface area contributed by atoms with Gasteiger partial charge < -0.3 is 9.47 Å². The smallest absolute Gasteiger partial charge is 0.262 e. The van der Waals surface area contributed by atoms with Crippen molar-refractivity contribution in [3.05, 3.63) is 58.4 Å². The van der Waals surface area contributed by atoms with Gasteiger partial charge in [-0.05, 0) is 37.1 Å². The molecule has 0 spiro atoms. The summed E-state index contributed by atoms with van der Waals surface area (Å²) in [6.45, 7) is 0. The molecule has 3 aromatic rings. The van der Waals surface area contributed by atoms with Gasteiger partial charge in [0.05, 0.1) is 36.4 Å². The van der Waals surface area contributed by atoms with Crippen LogP contribution in [0.5, 0.6) is 11.5 Å². The fourth-order valence-electron chi connectivity index (χ4n) is 4.13. The fourth-order valence-corrected chi connectivity index (χ4v) is 5.07. The van der Waals surface area contributed by atoms with E-state index in [1.54, 1.807) is 25.3 Å². The summed E-state index contributed by atoms with van der Waals surface area (Å²) < 4.78 is 12.4. The molecule has 1 aromatic heterocycles. The normalized spacial score (nSPS) is 14.5. The Labute approximate surface area is 185 Å². The van der Waals surface area contributed by atoms with Crippen LogP contribution in [0.15, 0.2) is 52.4 Å². The van der Waals surface area contributed by atoms with E-state index >= 15 is 0 Å². The number of nitrogens with zero attached hydrogens (tertiary/aromatic N) is 2. The lowest BCUT2D eigenvalue weighted by Crippen LogP contribution is -2.29. The van der Waals surface area contributed by atoms with Crippen molar-refractivity contribution in [2.75, 3.05) is 20.0 Å². The second-order valence-electron chi connectivity index (χ2n) is 7.66. The maximum absolute atomic E-state index is 13.3. The Morgan fingerprint density at radius 2 is 1.87 bits per heavy atom. The highest BCUT2D eigenvalue weighted by molar-refractivity contribution is 7.99. The van der Waals surface area contributed by atoms with Gasteiger partial charge in [-0.1, -0.05) is 43.2 Å². The zero-order valence-electron chi connectivity index (χ0n) is 17.8. The minimum atomic E-state index is -0.0814. The molecule has 1 fully saturated rings. The van der Waals surface area contributed by atoms with E-state index in [-0.39, 0.29) is 23.1 Å². The van der Waals surface area contributed by atoms with E-state index < -0.39 is 0 Å². The zero-order chi connectivity index (χ0) is 21.8. The van der Waals surface area contributed by atoms with Crippen molar-refractivity contribution >= 4 is 28.4 Å². The van der Waals surface area contributed by atoms with E-state index in [4.69, 9.17) is 14.5 Å². The SMILES string of the molecule is COc1ccc(C(=O)CSc2nc3ccccc3c(=O)n2C2CCCCC2)c(OC)c1. The summed E-state index contributed by atoms with van der Waals surface area (Å²) in [7, 11) is 3.10. The summed E-state index contributed by atoms with van der Waals surface area (Å²) in [4.78, 5) is 31.1. The van der Waals surface area contributed by atoms with Gasteiger partial charge in [-0.15, -0.1) is 0 Å². The van der Waals surface area contributed by atoms with Gasteiger partial charge in [0.1, 0.15) is 11.5 Å². The molecule has 1 saturated carbocycles. The van der Waals surface area contributed by atoms with Gasteiger partial charge in [-0.3, -0.25) is 14.2 Å². The standard InChI is InChI=1S/C24H26N2O4S/c1-29-17-12-13-19(22(14-17)30-2)21(27)15-31-24-25-20-11-7-6-10-18(20)23(28)26(24)16-8-4-3-5-9-16/h6-7,10-14,16H,3-5,8-9,15H2,1-2H3. The van der Waals surface area contributed by atoms with Gasteiger partial charge in [-0.25, -0.2) is 4.98 Å². The van der Waals surface area contributed by atoms with E-state index in [2.05, 4.69) is 0 Å². The van der Waals surface area contributed by atoms with E-state index in [0.717, 1.165) is 25.7 Å². The predicted octanol–water partition coefficient (Wildman–Crippen LogP) is 4.89. The quantitative estimate of drug-likeness (QED) is 0.297. The molecule has 1 aliphatic rings. The number of fused-ring (bicyclic) bond motifs is 1. The number of carbonyl (C=O) groups excluding carboxylic acids is 1. The third kappa shape index (κ3) is 4.46. The number of ether oxygens (including phenoxy) is 2. The van der Waals surface area contributed by atoms with Crippen LogP contribution in [0.1, 0.15) is 48.5 Å². The molecule has 6 nitrogen and oxygen atoms in total. The zero-order valence-corrected chi connectivity index (χ0v) is 18.6. The monoisotopic (exact) mass is 438 g/mol. The van der Waals surface area contributed by atoms with Crippen LogP contribution in [0.2, 0.25) is 0 Å². The summed E-state index contributed by atoms with van der Waals surface area (Å²) in [5, 5.41) is 1.23. The van der Waals surface area contributed by atoms with Crippen molar-refractivity contribution in [3.8, 4) is 11.5 Å². The molecule has 0 bridgehead atoms. The van der Waals surface area contributed by atoms with Crippen molar-refractivity contribution in [3.63, 3.8) is 0 Å². The van der Waals surface area contributed by atoms with Crippen LogP contribution in [0.3, 0.4) is 0 Å². The van der Waals surface area contributed by atoms with Crippen LogP contribution in [-0.4, -0.2) is 35.3 Å². The second kappa shape index (κ2) is 9.56. The molecular formula is C24H26N2O4S. The van der Waals surface area contributed by atoms with E-state index in [0.29, 0.717) is 33.1 Å². The summed E-state index contributed by atoms with van der Waals surface area (Å²) in [6.07, 6.45) is 5.35. The first-order valence-corrected chi connectivity index (χ1v) is 11.5. The van der Waals surface area contributed by atoms with Crippen molar-refractivity contribution in [1.29, 1.82) is 0 Å². The molecular weight excluding hydrogens is 412 g/mol. The Balaban J connectivity index is 1.66. The van der Waals surface area contributed by atoms with Gasteiger partial charge in [0.15, 0.2) is 10.9 Å². The number of thioether (sulfide) groups is 1. The summed E-state index contributed by atoms with van der Waals surface area (Å²) in [6, 6.07) is 12.7. The topological polar surface area (TPSA) is 70.4 Å². The van der Waals surface area contributed by atoms with Crippen LogP contribution < -0.4 is 15.0 Å². The summed E-state index contributed by atoms with van der Waals surface area (Å²) >= 11 is 1.32. The highest BCUT2D eigenvalue weighted by Gasteiger charge is 2.23. The van der Waals surface area contributed by atoms with Crippen molar-refractivity contribution in [2.24, 2.45) is 0 Å². The lowest BCUT2D eigenvalue weighted by atomic mass is 9.95. The van der Waals surface area contributed by atoms with Gasteiger partial charge in [-0.2, -0.15) is 0 Å². The molecule has 0 saturated heterocycles. The number of aromatic nitrogens is 2. The maximum Gasteiger partial charge on any atom is 0.262 e. The Hall–Kier alpha value is -2.80. The minimum absolute atomic E-state index is 0.0190. The van der Waals surface area contributed by atoms with Gasteiger partial charge in [0.25, 0.3) is 5.56 Å². The fraction of sp³-hybridized carbons (Fsp3) is 0.375. The van der Waals surface area contributed by atoms with Gasteiger partial charge >= 0.3 is 0 Å². The molecule has 0 radical (unpaired) electrons. The molecule has 0 N–H and O–H groups in total. The first-order chi connectivity index (χ1) is 15.1. The lowest BCUT2D eigenvalue weighted by molar-refractivity contribution is 0.101. The molecule has 0 atom stereocenters. The van der Waals surface area contributed by atoms with Crippen LogP contribution in [0.25, 0.3) is 10.9 Å². The number of Topliss-reactive ketones (excluding diaryl/α,β-unsaturated/α-hetero) is 1. The van der Waals surface area contributed by atoms with Crippen LogP contribution in [0.4, 0.5) is 0 Å². The molecule has 0 amide bonds. The third-order valence-corrected chi connectivity index (χ3v) is 6.71.